The minimum Gasteiger partial charge on any atom is -0.462 e. The second-order valence-corrected chi connectivity index (χ2v) is 4.08. The van der Waals surface area contributed by atoms with Crippen molar-refractivity contribution in [1.29, 1.82) is 0 Å². The number of carbonyl (C=O) groups is 2. The largest absolute Gasteiger partial charge is 0.462 e. The number of hydrogen-bond acceptors (Lipinski definition) is 5. The summed E-state index contributed by atoms with van der Waals surface area (Å²) in [6.07, 6.45) is 3.27. The van der Waals surface area contributed by atoms with Gasteiger partial charge in [0.2, 0.25) is 5.91 Å². The highest BCUT2D eigenvalue weighted by Gasteiger charge is 2.31. The van der Waals surface area contributed by atoms with Crippen molar-refractivity contribution in [2.75, 3.05) is 18.1 Å². The van der Waals surface area contributed by atoms with Gasteiger partial charge in [-0.2, -0.15) is 0 Å². The fourth-order valence-corrected chi connectivity index (χ4v) is 1.95. The van der Waals surface area contributed by atoms with Crippen LogP contribution in [0.5, 0.6) is 0 Å². The van der Waals surface area contributed by atoms with Gasteiger partial charge in [-0.1, -0.05) is 0 Å². The van der Waals surface area contributed by atoms with Gasteiger partial charge in [-0.25, -0.2) is 4.79 Å². The minimum absolute atomic E-state index is 0.0963. The molecule has 0 aromatic carbocycles. The summed E-state index contributed by atoms with van der Waals surface area (Å²) < 4.78 is 4.95. The first-order chi connectivity index (χ1) is 8.63. The Kier molecular flexibility index (Phi) is 3.57. The van der Waals surface area contributed by atoms with Crippen LogP contribution < -0.4 is 10.6 Å². The molecule has 0 saturated carbocycles. The summed E-state index contributed by atoms with van der Waals surface area (Å²) in [5, 5.41) is 0. The molecule has 1 saturated heterocycles. The molecule has 1 unspecified atom stereocenters. The zero-order valence-electron chi connectivity index (χ0n) is 10.1. The first-order valence-corrected chi connectivity index (χ1v) is 5.80. The van der Waals surface area contributed by atoms with Gasteiger partial charge >= 0.3 is 5.97 Å². The van der Waals surface area contributed by atoms with Gasteiger partial charge in [-0.15, -0.1) is 0 Å². The van der Waals surface area contributed by atoms with Gasteiger partial charge in [0.05, 0.1) is 24.1 Å². The van der Waals surface area contributed by atoms with Crippen molar-refractivity contribution in [3.63, 3.8) is 0 Å². The summed E-state index contributed by atoms with van der Waals surface area (Å²) >= 11 is 0. The Morgan fingerprint density at radius 2 is 2.44 bits per heavy atom. The van der Waals surface area contributed by atoms with E-state index in [0.29, 0.717) is 17.8 Å². The van der Waals surface area contributed by atoms with Crippen molar-refractivity contribution in [2.45, 2.75) is 19.4 Å². The monoisotopic (exact) mass is 249 g/mol. The zero-order chi connectivity index (χ0) is 13.1. The molecular weight excluding hydrogens is 234 g/mol. The Labute approximate surface area is 105 Å². The van der Waals surface area contributed by atoms with E-state index < -0.39 is 5.97 Å². The fourth-order valence-electron chi connectivity index (χ4n) is 1.95. The van der Waals surface area contributed by atoms with Crippen LogP contribution in [0.15, 0.2) is 18.5 Å². The maximum Gasteiger partial charge on any atom is 0.340 e. The summed E-state index contributed by atoms with van der Waals surface area (Å²) in [7, 11) is 0. The molecule has 1 aromatic rings. The molecule has 1 fully saturated rings. The quantitative estimate of drug-likeness (QED) is 0.780. The molecule has 1 aliphatic heterocycles. The standard InChI is InChI=1S/C12H15N3O3/c1-2-18-12(17)9-3-4-14-6-10(9)15-7-8(13)5-11(15)16/h3-4,6,8H,2,5,7,13H2,1H3. The molecule has 2 rings (SSSR count). The Morgan fingerprint density at radius 3 is 3.06 bits per heavy atom. The number of rotatable bonds is 3. The Morgan fingerprint density at radius 1 is 1.67 bits per heavy atom. The average Bonchev–Trinajstić information content (AvgIpc) is 2.69. The predicted molar refractivity (Wildman–Crippen MR) is 65.1 cm³/mol. The summed E-state index contributed by atoms with van der Waals surface area (Å²) in [5.41, 5.74) is 6.55. The van der Waals surface area contributed by atoms with Crippen LogP contribution in [-0.2, 0) is 9.53 Å². The number of anilines is 1. The molecule has 2 heterocycles. The number of hydrogen-bond donors (Lipinski definition) is 1. The molecule has 1 aromatic heterocycles. The second-order valence-electron chi connectivity index (χ2n) is 4.08. The molecule has 1 atom stereocenters. The lowest BCUT2D eigenvalue weighted by molar-refractivity contribution is -0.117. The van der Waals surface area contributed by atoms with Gasteiger partial charge < -0.3 is 15.4 Å². The van der Waals surface area contributed by atoms with Gasteiger partial charge in [0.1, 0.15) is 0 Å². The minimum atomic E-state index is -0.455. The van der Waals surface area contributed by atoms with Crippen molar-refractivity contribution in [1.82, 2.24) is 4.98 Å². The molecule has 1 aliphatic rings. The Balaban J connectivity index is 2.33. The molecule has 6 heteroatoms. The van der Waals surface area contributed by atoms with Gasteiger partial charge in [0.25, 0.3) is 0 Å². The zero-order valence-corrected chi connectivity index (χ0v) is 10.1. The van der Waals surface area contributed by atoms with E-state index in [1.54, 1.807) is 13.0 Å². The number of aromatic nitrogens is 1. The smallest absolute Gasteiger partial charge is 0.340 e. The van der Waals surface area contributed by atoms with E-state index in [4.69, 9.17) is 10.5 Å². The SMILES string of the molecule is CCOC(=O)c1ccncc1N1CC(N)CC1=O. The Hall–Kier alpha value is -1.95. The van der Waals surface area contributed by atoms with Crippen molar-refractivity contribution in [3.8, 4) is 0 Å². The van der Waals surface area contributed by atoms with E-state index in [1.165, 1.54) is 17.3 Å². The number of esters is 1. The maximum absolute atomic E-state index is 11.8. The molecule has 96 valence electrons. The van der Waals surface area contributed by atoms with Gasteiger partial charge in [-0.3, -0.25) is 9.78 Å². The van der Waals surface area contributed by atoms with Crippen LogP contribution in [0, 0.1) is 0 Å². The number of pyridine rings is 1. The van der Waals surface area contributed by atoms with Crippen LogP contribution in [0.2, 0.25) is 0 Å². The molecule has 0 radical (unpaired) electrons. The molecule has 0 aliphatic carbocycles. The molecule has 0 spiro atoms. The maximum atomic E-state index is 11.8. The van der Waals surface area contributed by atoms with Gasteiger partial charge in [-0.05, 0) is 13.0 Å². The summed E-state index contributed by atoms with van der Waals surface area (Å²) in [4.78, 5) is 29.0. The highest BCUT2D eigenvalue weighted by atomic mass is 16.5. The van der Waals surface area contributed by atoms with Crippen LogP contribution in [0.4, 0.5) is 5.69 Å². The summed E-state index contributed by atoms with van der Waals surface area (Å²) in [5.74, 6) is -0.552. The number of ether oxygens (including phenoxy) is 1. The lowest BCUT2D eigenvalue weighted by Crippen LogP contribution is -2.29. The van der Waals surface area contributed by atoms with E-state index in [-0.39, 0.29) is 25.0 Å². The third-order valence-corrected chi connectivity index (χ3v) is 2.74. The second kappa shape index (κ2) is 5.14. The fraction of sp³-hybridized carbons (Fsp3) is 0.417. The molecule has 18 heavy (non-hydrogen) atoms. The van der Waals surface area contributed by atoms with E-state index in [0.717, 1.165) is 0 Å². The Bertz CT molecular complexity index is 475. The normalized spacial score (nSPS) is 19.1. The van der Waals surface area contributed by atoms with Crippen molar-refractivity contribution < 1.29 is 14.3 Å². The van der Waals surface area contributed by atoms with Crippen molar-refractivity contribution >= 4 is 17.6 Å². The predicted octanol–water partition coefficient (Wildman–Crippen LogP) is 0.322. The summed E-state index contributed by atoms with van der Waals surface area (Å²) in [6, 6.07) is 1.34. The van der Waals surface area contributed by atoms with Crippen molar-refractivity contribution in [2.24, 2.45) is 5.73 Å². The third kappa shape index (κ3) is 2.33. The van der Waals surface area contributed by atoms with E-state index in [9.17, 15) is 9.59 Å². The number of carbonyl (C=O) groups excluding carboxylic acids is 2. The van der Waals surface area contributed by atoms with Crippen LogP contribution in [0.1, 0.15) is 23.7 Å². The van der Waals surface area contributed by atoms with Crippen molar-refractivity contribution in [3.05, 3.63) is 24.0 Å². The van der Waals surface area contributed by atoms with Crippen LogP contribution >= 0.6 is 0 Å². The van der Waals surface area contributed by atoms with E-state index >= 15 is 0 Å². The highest BCUT2D eigenvalue weighted by Crippen LogP contribution is 2.24. The van der Waals surface area contributed by atoms with Gasteiger partial charge in [0, 0.05) is 25.2 Å². The van der Waals surface area contributed by atoms with Crippen LogP contribution in [0.25, 0.3) is 0 Å². The highest BCUT2D eigenvalue weighted by molar-refractivity contribution is 6.03. The average molecular weight is 249 g/mol. The molecular formula is C12H15N3O3. The third-order valence-electron chi connectivity index (χ3n) is 2.74. The molecule has 1 amide bonds. The topological polar surface area (TPSA) is 85.5 Å². The van der Waals surface area contributed by atoms with E-state index in [1.807, 2.05) is 0 Å². The summed E-state index contributed by atoms with van der Waals surface area (Å²) in [6.45, 7) is 2.42. The first kappa shape index (κ1) is 12.5. The number of nitrogens with zero attached hydrogens (tertiary/aromatic N) is 2. The first-order valence-electron chi connectivity index (χ1n) is 5.80. The van der Waals surface area contributed by atoms with Crippen LogP contribution in [-0.4, -0.2) is 36.1 Å². The molecule has 0 bridgehead atoms. The lowest BCUT2D eigenvalue weighted by Gasteiger charge is -2.18. The number of amides is 1. The molecule has 2 N–H and O–H groups in total. The lowest BCUT2D eigenvalue weighted by atomic mass is 10.2. The molecule has 6 nitrogen and oxygen atoms in total. The number of nitrogens with two attached hydrogens (primary N) is 1. The van der Waals surface area contributed by atoms with Gasteiger partial charge in [0.15, 0.2) is 0 Å². The van der Waals surface area contributed by atoms with E-state index in [2.05, 4.69) is 4.98 Å². The van der Waals surface area contributed by atoms with Crippen LogP contribution in [0.3, 0.4) is 0 Å².